The molecule has 0 aliphatic heterocycles. The normalized spacial score (nSPS) is 20.8. The van der Waals surface area contributed by atoms with Crippen LogP contribution in [-0.2, 0) is 28.6 Å². The zero-order valence-electron chi connectivity index (χ0n) is 29.5. The van der Waals surface area contributed by atoms with Crippen molar-refractivity contribution in [1.82, 2.24) is 10.6 Å². The van der Waals surface area contributed by atoms with E-state index in [1.54, 1.807) is 0 Å². The van der Waals surface area contributed by atoms with E-state index < -0.39 is 5.60 Å². The molecule has 0 atom stereocenters. The number of esters is 1. The Morgan fingerprint density at radius 2 is 0.978 bits per heavy atom. The molecule has 0 heterocycles. The second-order valence-electron chi connectivity index (χ2n) is 14.9. The molecule has 0 aromatic heterocycles. The number of rotatable bonds is 27. The van der Waals surface area contributed by atoms with Crippen LogP contribution in [0.15, 0.2) is 0 Å². The molecule has 0 bridgehead atoms. The van der Waals surface area contributed by atoms with Gasteiger partial charge in [0.05, 0.1) is 32.8 Å². The Morgan fingerprint density at radius 3 is 1.42 bits per heavy atom. The van der Waals surface area contributed by atoms with Gasteiger partial charge in [-0.15, -0.1) is 0 Å². The summed E-state index contributed by atoms with van der Waals surface area (Å²) in [6, 6.07) is 0.552. The van der Waals surface area contributed by atoms with Crippen LogP contribution in [-0.4, -0.2) is 61.9 Å². The maximum atomic E-state index is 12.4. The molecule has 262 valence electrons. The molecule has 0 saturated heterocycles. The molecule has 2 aliphatic rings. The largest absolute Gasteiger partial charge is 0.460 e. The van der Waals surface area contributed by atoms with E-state index in [9.17, 15) is 14.4 Å². The van der Waals surface area contributed by atoms with E-state index in [2.05, 4.69) is 17.6 Å². The highest BCUT2D eigenvalue weighted by Crippen LogP contribution is 2.55. The number of carbonyl (C=O) groups excluding carboxylic acids is 3. The van der Waals surface area contributed by atoms with Gasteiger partial charge in [0.1, 0.15) is 5.60 Å². The van der Waals surface area contributed by atoms with E-state index in [-0.39, 0.29) is 30.2 Å². The Bertz CT molecular complexity index is 812. The lowest BCUT2D eigenvalue weighted by molar-refractivity contribution is -0.156. The molecule has 8 nitrogen and oxygen atoms in total. The second kappa shape index (κ2) is 22.8. The summed E-state index contributed by atoms with van der Waals surface area (Å²) in [5.41, 5.74) is -0.165. The van der Waals surface area contributed by atoms with E-state index in [0.717, 1.165) is 38.5 Å². The van der Waals surface area contributed by atoms with Gasteiger partial charge in [-0.3, -0.25) is 14.4 Å². The second-order valence-corrected chi connectivity index (χ2v) is 14.9. The molecule has 2 N–H and O–H groups in total. The Balaban J connectivity index is 1.32. The molecule has 2 aliphatic carbocycles. The van der Waals surface area contributed by atoms with Crippen molar-refractivity contribution in [3.8, 4) is 0 Å². The average Bonchev–Trinajstić information content (AvgIpc) is 2.93. The van der Waals surface area contributed by atoms with Crippen molar-refractivity contribution in [3.05, 3.63) is 0 Å². The SMILES string of the molecule is CCCCCCCCCCCCCCCCCC(=O)NC1CC2(C1)CC(NC(=O)CCOCCOCCC(=O)OC(C)(C)C)C2. The molecule has 1 spiro atoms. The lowest BCUT2D eigenvalue weighted by Gasteiger charge is -2.57. The molecular formula is C37H68N2O6. The van der Waals surface area contributed by atoms with Gasteiger partial charge in [0.2, 0.25) is 11.8 Å². The van der Waals surface area contributed by atoms with Gasteiger partial charge in [0.25, 0.3) is 0 Å². The van der Waals surface area contributed by atoms with Crippen LogP contribution in [0.4, 0.5) is 0 Å². The topological polar surface area (TPSA) is 103 Å². The highest BCUT2D eigenvalue weighted by Gasteiger charge is 2.53. The first-order chi connectivity index (χ1) is 21.6. The molecule has 2 fully saturated rings. The Hall–Kier alpha value is -1.67. The first-order valence-corrected chi connectivity index (χ1v) is 18.6. The molecule has 2 amide bonds. The van der Waals surface area contributed by atoms with Crippen LogP contribution < -0.4 is 10.6 Å². The minimum absolute atomic E-state index is 0.0216. The third-order valence-electron chi connectivity index (χ3n) is 9.17. The van der Waals surface area contributed by atoms with Crippen molar-refractivity contribution in [2.75, 3.05) is 26.4 Å². The molecular weight excluding hydrogens is 568 g/mol. The van der Waals surface area contributed by atoms with Gasteiger partial charge < -0.3 is 24.8 Å². The van der Waals surface area contributed by atoms with Crippen molar-refractivity contribution in [2.24, 2.45) is 5.41 Å². The van der Waals surface area contributed by atoms with Crippen molar-refractivity contribution in [2.45, 2.75) is 187 Å². The molecule has 0 radical (unpaired) electrons. The molecule has 0 aromatic rings. The van der Waals surface area contributed by atoms with E-state index in [4.69, 9.17) is 14.2 Å². The fraction of sp³-hybridized carbons (Fsp3) is 0.919. The summed E-state index contributed by atoms with van der Waals surface area (Å²) in [4.78, 5) is 36.3. The number of carbonyl (C=O) groups is 3. The maximum Gasteiger partial charge on any atom is 0.308 e. The van der Waals surface area contributed by atoms with Gasteiger partial charge in [-0.2, -0.15) is 0 Å². The van der Waals surface area contributed by atoms with Gasteiger partial charge in [-0.05, 0) is 58.3 Å². The summed E-state index contributed by atoms with van der Waals surface area (Å²) in [5.74, 6) is -0.0406. The van der Waals surface area contributed by atoms with Crippen LogP contribution in [0.25, 0.3) is 0 Å². The third kappa shape index (κ3) is 19.6. The van der Waals surface area contributed by atoms with Crippen molar-refractivity contribution < 1.29 is 28.6 Å². The van der Waals surface area contributed by atoms with E-state index in [0.29, 0.717) is 50.7 Å². The lowest BCUT2D eigenvalue weighted by atomic mass is 9.52. The summed E-state index contributed by atoms with van der Waals surface area (Å²) in [7, 11) is 0. The van der Waals surface area contributed by atoms with Crippen LogP contribution in [0.2, 0.25) is 0 Å². The van der Waals surface area contributed by atoms with E-state index in [1.807, 2.05) is 20.8 Å². The zero-order valence-corrected chi connectivity index (χ0v) is 29.5. The van der Waals surface area contributed by atoms with Gasteiger partial charge in [0.15, 0.2) is 0 Å². The lowest BCUT2D eigenvalue weighted by Crippen LogP contribution is -2.61. The van der Waals surface area contributed by atoms with Crippen molar-refractivity contribution in [3.63, 3.8) is 0 Å². The highest BCUT2D eigenvalue weighted by atomic mass is 16.6. The minimum Gasteiger partial charge on any atom is -0.460 e. The average molecular weight is 637 g/mol. The van der Waals surface area contributed by atoms with Crippen LogP contribution >= 0.6 is 0 Å². The summed E-state index contributed by atoms with van der Waals surface area (Å²) < 4.78 is 16.1. The number of hydrogen-bond donors (Lipinski definition) is 2. The zero-order chi connectivity index (χ0) is 32.8. The molecule has 8 heteroatoms. The Kier molecular flexibility index (Phi) is 20.0. The van der Waals surface area contributed by atoms with Crippen LogP contribution in [0.1, 0.15) is 169 Å². The van der Waals surface area contributed by atoms with Crippen molar-refractivity contribution in [1.29, 1.82) is 0 Å². The molecule has 0 aromatic carbocycles. The van der Waals surface area contributed by atoms with Gasteiger partial charge in [0, 0.05) is 24.9 Å². The maximum absolute atomic E-state index is 12.4. The predicted molar refractivity (Wildman–Crippen MR) is 181 cm³/mol. The molecule has 2 rings (SSSR count). The summed E-state index contributed by atoms with van der Waals surface area (Å²) in [5, 5.41) is 6.36. The number of hydrogen-bond acceptors (Lipinski definition) is 6. The summed E-state index contributed by atoms with van der Waals surface area (Å²) in [6.45, 7) is 9.22. The monoisotopic (exact) mass is 637 g/mol. The van der Waals surface area contributed by atoms with Crippen LogP contribution in [0.5, 0.6) is 0 Å². The third-order valence-corrected chi connectivity index (χ3v) is 9.17. The number of unbranched alkanes of at least 4 members (excludes halogenated alkanes) is 14. The van der Waals surface area contributed by atoms with Gasteiger partial charge in [-0.1, -0.05) is 96.8 Å². The van der Waals surface area contributed by atoms with Gasteiger partial charge in [-0.25, -0.2) is 0 Å². The number of amides is 2. The predicted octanol–water partition coefficient (Wildman–Crippen LogP) is 7.95. The van der Waals surface area contributed by atoms with Crippen LogP contribution in [0, 0.1) is 5.41 Å². The Labute approximate surface area is 275 Å². The quantitative estimate of drug-likeness (QED) is 0.0701. The molecule has 45 heavy (non-hydrogen) atoms. The Morgan fingerprint density at radius 1 is 0.578 bits per heavy atom. The standard InChI is InChI=1S/C37H68N2O6/c1-5-6-7-8-9-10-11-12-13-14-15-16-17-18-19-20-33(40)38-31-27-37(28-31)29-32(30-37)39-34(41)21-23-43-25-26-44-24-22-35(42)45-36(2,3)4/h31-32H,5-30H2,1-4H3,(H,38,40)(H,39,41). The highest BCUT2D eigenvalue weighted by molar-refractivity contribution is 5.77. The van der Waals surface area contributed by atoms with Crippen molar-refractivity contribution >= 4 is 17.8 Å². The number of nitrogens with one attached hydrogen (secondary N) is 2. The fourth-order valence-corrected chi connectivity index (χ4v) is 6.80. The first kappa shape index (κ1) is 39.5. The van der Waals surface area contributed by atoms with Crippen LogP contribution in [0.3, 0.4) is 0 Å². The van der Waals surface area contributed by atoms with Gasteiger partial charge >= 0.3 is 5.97 Å². The summed E-state index contributed by atoms with van der Waals surface area (Å²) >= 11 is 0. The van der Waals surface area contributed by atoms with E-state index >= 15 is 0 Å². The molecule has 2 saturated carbocycles. The minimum atomic E-state index is -0.483. The fourth-order valence-electron chi connectivity index (χ4n) is 6.80. The smallest absolute Gasteiger partial charge is 0.308 e. The molecule has 0 unspecified atom stereocenters. The summed E-state index contributed by atoms with van der Waals surface area (Å²) in [6.07, 6.45) is 25.4. The first-order valence-electron chi connectivity index (χ1n) is 18.6. The number of ether oxygens (including phenoxy) is 3. The van der Waals surface area contributed by atoms with E-state index in [1.165, 1.54) is 83.5 Å².